The predicted molar refractivity (Wildman–Crippen MR) is 85.2 cm³/mol. The lowest BCUT2D eigenvalue weighted by molar-refractivity contribution is 0.471. The van der Waals surface area contributed by atoms with Crippen LogP contribution in [0, 0.1) is 13.8 Å². The summed E-state index contributed by atoms with van der Waals surface area (Å²) in [7, 11) is 2.07. The van der Waals surface area contributed by atoms with E-state index in [-0.39, 0.29) is 0 Å². The van der Waals surface area contributed by atoms with Gasteiger partial charge in [0, 0.05) is 12.0 Å². The van der Waals surface area contributed by atoms with Crippen LogP contribution in [0.4, 0.5) is 0 Å². The van der Waals surface area contributed by atoms with Gasteiger partial charge in [-0.3, -0.25) is 0 Å². The summed E-state index contributed by atoms with van der Waals surface area (Å²) in [5, 5.41) is 3.45. The van der Waals surface area contributed by atoms with Gasteiger partial charge in [-0.15, -0.1) is 0 Å². The fraction of sp³-hybridized carbons (Fsp3) is 0.368. The van der Waals surface area contributed by atoms with Crippen molar-refractivity contribution < 1.29 is 0 Å². The molecule has 0 radical (unpaired) electrons. The van der Waals surface area contributed by atoms with Gasteiger partial charge in [0.1, 0.15) is 0 Å². The van der Waals surface area contributed by atoms with E-state index in [0.29, 0.717) is 12.0 Å². The molecule has 2 atom stereocenters. The SMILES string of the molecule is CN[C@H]1CC[C@@H](c2ccc(C)c(C)c2)c2ccccc21. The van der Waals surface area contributed by atoms with Crippen LogP contribution in [-0.4, -0.2) is 7.05 Å². The largest absolute Gasteiger partial charge is 0.313 e. The molecule has 0 aliphatic heterocycles. The van der Waals surface area contributed by atoms with Crippen molar-refractivity contribution in [2.45, 2.75) is 38.6 Å². The quantitative estimate of drug-likeness (QED) is 0.843. The number of nitrogens with one attached hydrogen (secondary N) is 1. The van der Waals surface area contributed by atoms with E-state index in [1.54, 1.807) is 0 Å². The Bertz CT molecular complexity index is 615. The average Bonchev–Trinajstić information content (AvgIpc) is 2.49. The second-order valence-corrected chi connectivity index (χ2v) is 5.94. The zero-order chi connectivity index (χ0) is 14.1. The Labute approximate surface area is 122 Å². The van der Waals surface area contributed by atoms with E-state index in [1.165, 1.54) is 40.7 Å². The maximum absolute atomic E-state index is 3.45. The number of hydrogen-bond acceptors (Lipinski definition) is 1. The van der Waals surface area contributed by atoms with Crippen LogP contribution >= 0.6 is 0 Å². The third kappa shape index (κ3) is 2.27. The molecular weight excluding hydrogens is 242 g/mol. The maximum atomic E-state index is 3.45. The lowest BCUT2D eigenvalue weighted by Crippen LogP contribution is -2.24. The minimum absolute atomic E-state index is 0.508. The molecule has 0 amide bonds. The average molecular weight is 265 g/mol. The van der Waals surface area contributed by atoms with Crippen molar-refractivity contribution in [2.75, 3.05) is 7.05 Å². The molecular formula is C19H23N. The van der Waals surface area contributed by atoms with E-state index in [4.69, 9.17) is 0 Å². The molecule has 0 saturated carbocycles. The second-order valence-electron chi connectivity index (χ2n) is 5.94. The van der Waals surface area contributed by atoms with Crippen molar-refractivity contribution in [3.8, 4) is 0 Å². The van der Waals surface area contributed by atoms with E-state index in [2.05, 4.69) is 68.7 Å². The van der Waals surface area contributed by atoms with Crippen molar-refractivity contribution in [1.29, 1.82) is 0 Å². The normalized spacial score (nSPS) is 21.6. The molecule has 1 N–H and O–H groups in total. The molecule has 0 heterocycles. The molecule has 1 nitrogen and oxygen atoms in total. The highest BCUT2D eigenvalue weighted by Crippen LogP contribution is 2.41. The van der Waals surface area contributed by atoms with Crippen LogP contribution < -0.4 is 5.32 Å². The van der Waals surface area contributed by atoms with Gasteiger partial charge in [-0.2, -0.15) is 0 Å². The molecule has 0 bridgehead atoms. The standard InChI is InChI=1S/C19H23N/c1-13-8-9-15(12-14(13)2)16-10-11-19(20-3)18-7-5-4-6-17(16)18/h4-9,12,16,19-20H,10-11H2,1-3H3/t16-,19-/m0/s1. The summed E-state index contributed by atoms with van der Waals surface area (Å²) in [6.45, 7) is 4.40. The number of aryl methyl sites for hydroxylation is 2. The van der Waals surface area contributed by atoms with Crippen molar-refractivity contribution in [3.63, 3.8) is 0 Å². The Balaban J connectivity index is 2.05. The topological polar surface area (TPSA) is 12.0 Å². The van der Waals surface area contributed by atoms with E-state index in [9.17, 15) is 0 Å². The Morgan fingerprint density at radius 1 is 0.900 bits per heavy atom. The van der Waals surface area contributed by atoms with Gasteiger partial charge in [-0.25, -0.2) is 0 Å². The van der Waals surface area contributed by atoms with Crippen molar-refractivity contribution >= 4 is 0 Å². The van der Waals surface area contributed by atoms with Gasteiger partial charge in [0.25, 0.3) is 0 Å². The van der Waals surface area contributed by atoms with E-state index in [0.717, 1.165) is 0 Å². The molecule has 2 aromatic carbocycles. The van der Waals surface area contributed by atoms with Crippen LogP contribution in [0.5, 0.6) is 0 Å². The van der Waals surface area contributed by atoms with Gasteiger partial charge >= 0.3 is 0 Å². The smallest absolute Gasteiger partial charge is 0.0320 e. The molecule has 3 rings (SSSR count). The molecule has 20 heavy (non-hydrogen) atoms. The Morgan fingerprint density at radius 3 is 2.35 bits per heavy atom. The third-order valence-electron chi connectivity index (χ3n) is 4.77. The van der Waals surface area contributed by atoms with Crippen molar-refractivity contribution in [2.24, 2.45) is 0 Å². The lowest BCUT2D eigenvalue weighted by Gasteiger charge is -2.32. The predicted octanol–water partition coefficient (Wildman–Crippen LogP) is 4.49. The fourth-order valence-corrected chi connectivity index (χ4v) is 3.42. The molecule has 0 saturated heterocycles. The molecule has 1 aliphatic carbocycles. The number of rotatable bonds is 2. The minimum atomic E-state index is 0.508. The van der Waals surface area contributed by atoms with Gasteiger partial charge in [0.2, 0.25) is 0 Å². The lowest BCUT2D eigenvalue weighted by atomic mass is 9.76. The first kappa shape index (κ1) is 13.4. The number of fused-ring (bicyclic) bond motifs is 1. The minimum Gasteiger partial charge on any atom is -0.313 e. The summed E-state index contributed by atoms with van der Waals surface area (Å²) < 4.78 is 0. The van der Waals surface area contributed by atoms with Gasteiger partial charge in [0.05, 0.1) is 0 Å². The first-order valence-corrected chi connectivity index (χ1v) is 7.54. The summed E-state index contributed by atoms with van der Waals surface area (Å²) in [6.07, 6.45) is 2.44. The van der Waals surface area contributed by atoms with Gasteiger partial charge < -0.3 is 5.32 Å². The number of benzene rings is 2. The van der Waals surface area contributed by atoms with Gasteiger partial charge in [0.15, 0.2) is 0 Å². The summed E-state index contributed by atoms with van der Waals surface area (Å²) in [6, 6.07) is 16.4. The summed E-state index contributed by atoms with van der Waals surface area (Å²) in [5.41, 5.74) is 7.22. The molecule has 0 unspecified atom stereocenters. The first-order chi connectivity index (χ1) is 9.70. The van der Waals surface area contributed by atoms with E-state index < -0.39 is 0 Å². The van der Waals surface area contributed by atoms with Gasteiger partial charge in [-0.05, 0) is 61.6 Å². The second kappa shape index (κ2) is 5.41. The van der Waals surface area contributed by atoms with Crippen LogP contribution in [0.1, 0.15) is 52.6 Å². The van der Waals surface area contributed by atoms with Crippen LogP contribution in [0.15, 0.2) is 42.5 Å². The van der Waals surface area contributed by atoms with Gasteiger partial charge in [-0.1, -0.05) is 42.5 Å². The molecule has 0 fully saturated rings. The molecule has 0 spiro atoms. The van der Waals surface area contributed by atoms with E-state index >= 15 is 0 Å². The molecule has 1 aliphatic rings. The fourth-order valence-electron chi connectivity index (χ4n) is 3.42. The van der Waals surface area contributed by atoms with Crippen LogP contribution in [0.2, 0.25) is 0 Å². The highest BCUT2D eigenvalue weighted by atomic mass is 14.9. The molecule has 0 aromatic heterocycles. The third-order valence-corrected chi connectivity index (χ3v) is 4.77. The Morgan fingerprint density at radius 2 is 1.65 bits per heavy atom. The number of hydrogen-bond donors (Lipinski definition) is 1. The highest BCUT2D eigenvalue weighted by molar-refractivity contribution is 5.43. The molecule has 104 valence electrons. The molecule has 2 aromatic rings. The zero-order valence-corrected chi connectivity index (χ0v) is 12.6. The Kier molecular flexibility index (Phi) is 3.62. The van der Waals surface area contributed by atoms with Crippen LogP contribution in [0.25, 0.3) is 0 Å². The maximum Gasteiger partial charge on any atom is 0.0320 e. The zero-order valence-electron chi connectivity index (χ0n) is 12.6. The van der Waals surface area contributed by atoms with E-state index in [1.807, 2.05) is 0 Å². The summed E-state index contributed by atoms with van der Waals surface area (Å²) >= 11 is 0. The Hall–Kier alpha value is -1.60. The van der Waals surface area contributed by atoms with Crippen molar-refractivity contribution in [1.82, 2.24) is 5.32 Å². The van der Waals surface area contributed by atoms with Crippen LogP contribution in [-0.2, 0) is 0 Å². The molecule has 1 heteroatoms. The first-order valence-electron chi connectivity index (χ1n) is 7.54. The highest BCUT2D eigenvalue weighted by Gasteiger charge is 2.26. The summed E-state index contributed by atoms with van der Waals surface area (Å²) in [5.74, 6) is 0.551. The van der Waals surface area contributed by atoms with Crippen molar-refractivity contribution in [3.05, 3.63) is 70.3 Å². The van der Waals surface area contributed by atoms with Crippen LogP contribution in [0.3, 0.4) is 0 Å². The summed E-state index contributed by atoms with van der Waals surface area (Å²) in [4.78, 5) is 0. The monoisotopic (exact) mass is 265 g/mol.